The fraction of sp³-hybridized carbons (Fsp3) is 0. The van der Waals surface area contributed by atoms with Gasteiger partial charge >= 0.3 is 23.1 Å². The molecule has 0 saturated heterocycles. The summed E-state index contributed by atoms with van der Waals surface area (Å²) in [5, 5.41) is 17.9. The van der Waals surface area contributed by atoms with Crippen LogP contribution in [0, 0.1) is 0 Å². The van der Waals surface area contributed by atoms with Crippen LogP contribution in [-0.2, 0) is 9.59 Å². The quantitative estimate of drug-likeness (QED) is 0.237. The standard InChI is InChI=1S/C2H2O4.Mg/c3-1(4)2(5)6;/h(H,3,4)(H,5,6);/q;+2/p-2. The Hall–Kier alpha value is -0.294. The van der Waals surface area contributed by atoms with Crippen LogP contribution in [0.15, 0.2) is 0 Å². The molecule has 0 bridgehead atoms. The Bertz CT molecular complexity index is 75.7. The van der Waals surface area contributed by atoms with Gasteiger partial charge in [-0.05, 0) is 0 Å². The summed E-state index contributed by atoms with van der Waals surface area (Å²) in [7, 11) is 0. The first kappa shape index (κ1) is 9.86. The van der Waals surface area contributed by atoms with Gasteiger partial charge in [0.25, 0.3) is 0 Å². The van der Waals surface area contributed by atoms with Gasteiger partial charge in [0.05, 0.1) is 11.9 Å². The van der Waals surface area contributed by atoms with Gasteiger partial charge in [0.15, 0.2) is 0 Å². The van der Waals surface area contributed by atoms with Crippen molar-refractivity contribution in [2.45, 2.75) is 0 Å². The smallest absolute Gasteiger partial charge is 0.543 e. The number of carboxylic acid groups (broad SMARTS) is 2. The van der Waals surface area contributed by atoms with E-state index in [1.165, 1.54) is 0 Å². The minimum Gasteiger partial charge on any atom is -0.543 e. The molecular weight excluding hydrogens is 112 g/mol. The minimum atomic E-state index is -2.19. The van der Waals surface area contributed by atoms with Crippen molar-refractivity contribution in [2.75, 3.05) is 0 Å². The Morgan fingerprint density at radius 1 is 1.00 bits per heavy atom. The molecule has 0 amide bonds. The average Bonchev–Trinajstić information content (AvgIpc) is 1.36. The number of carbonyl (C=O) groups is 2. The Balaban J connectivity index is 0. The second-order valence-electron chi connectivity index (χ2n) is 0.575. The summed E-state index contributed by atoms with van der Waals surface area (Å²) in [6.07, 6.45) is 0. The molecule has 0 spiro atoms. The zero-order valence-corrected chi connectivity index (χ0v) is 4.75. The number of rotatable bonds is 0. The molecule has 0 aliphatic carbocycles. The fourth-order valence-corrected chi connectivity index (χ4v) is 0. The SMILES string of the molecule is O=C([O-])C(=O)[O-].[Mg+2]. The van der Waals surface area contributed by atoms with Crippen LogP contribution in [-0.4, -0.2) is 35.0 Å². The number of hydrogen-bond donors (Lipinski definition) is 0. The first-order valence-corrected chi connectivity index (χ1v) is 1.07. The first-order valence-electron chi connectivity index (χ1n) is 1.07. The zero-order valence-electron chi connectivity index (χ0n) is 3.34. The topological polar surface area (TPSA) is 80.3 Å². The summed E-state index contributed by atoms with van der Waals surface area (Å²) in [5.41, 5.74) is 0. The van der Waals surface area contributed by atoms with Crippen molar-refractivity contribution in [3.63, 3.8) is 0 Å². The Labute approximate surface area is 55.3 Å². The maximum atomic E-state index is 8.93. The van der Waals surface area contributed by atoms with E-state index in [9.17, 15) is 0 Å². The van der Waals surface area contributed by atoms with E-state index >= 15 is 0 Å². The number of hydrogen-bond acceptors (Lipinski definition) is 4. The van der Waals surface area contributed by atoms with Crippen molar-refractivity contribution in [3.8, 4) is 0 Å². The third-order valence-electron chi connectivity index (χ3n) is 0.167. The summed E-state index contributed by atoms with van der Waals surface area (Å²) >= 11 is 0. The summed E-state index contributed by atoms with van der Waals surface area (Å²) in [4.78, 5) is 17.9. The third-order valence-corrected chi connectivity index (χ3v) is 0.167. The maximum Gasteiger partial charge on any atom is 2.00 e. The van der Waals surface area contributed by atoms with E-state index in [1.54, 1.807) is 0 Å². The molecule has 0 aromatic heterocycles. The van der Waals surface area contributed by atoms with E-state index in [0.29, 0.717) is 0 Å². The molecule has 0 aromatic rings. The molecule has 0 fully saturated rings. The normalized spacial score (nSPS) is 6.29. The van der Waals surface area contributed by atoms with Crippen LogP contribution in [0.2, 0.25) is 0 Å². The van der Waals surface area contributed by atoms with Crippen LogP contribution < -0.4 is 10.2 Å². The number of carbonyl (C=O) groups excluding carboxylic acids is 2. The van der Waals surface area contributed by atoms with Crippen LogP contribution >= 0.6 is 0 Å². The van der Waals surface area contributed by atoms with E-state index in [1.807, 2.05) is 0 Å². The maximum absolute atomic E-state index is 8.93. The van der Waals surface area contributed by atoms with Gasteiger partial charge in [-0.3, -0.25) is 0 Å². The van der Waals surface area contributed by atoms with Crippen molar-refractivity contribution in [1.82, 2.24) is 0 Å². The summed E-state index contributed by atoms with van der Waals surface area (Å²) in [6.45, 7) is 0. The van der Waals surface area contributed by atoms with Crippen LogP contribution in [0.4, 0.5) is 0 Å². The van der Waals surface area contributed by atoms with Gasteiger partial charge in [-0.25, -0.2) is 0 Å². The van der Waals surface area contributed by atoms with Gasteiger partial charge < -0.3 is 19.8 Å². The molecule has 0 unspecified atom stereocenters. The predicted molar refractivity (Wildman–Crippen MR) is 15.8 cm³/mol. The molecule has 0 aromatic carbocycles. The molecule has 0 rings (SSSR count). The van der Waals surface area contributed by atoms with Crippen LogP contribution in [0.25, 0.3) is 0 Å². The second-order valence-corrected chi connectivity index (χ2v) is 0.575. The summed E-state index contributed by atoms with van der Waals surface area (Å²) < 4.78 is 0. The zero-order chi connectivity index (χ0) is 5.15. The van der Waals surface area contributed by atoms with Gasteiger partial charge in [-0.15, -0.1) is 0 Å². The van der Waals surface area contributed by atoms with Gasteiger partial charge in [0.2, 0.25) is 0 Å². The van der Waals surface area contributed by atoms with Gasteiger partial charge in [0, 0.05) is 0 Å². The Kier molecular flexibility index (Phi) is 5.47. The molecule has 0 aliphatic heterocycles. The summed E-state index contributed by atoms with van der Waals surface area (Å²) in [6, 6.07) is 0. The minimum absolute atomic E-state index is 0. The van der Waals surface area contributed by atoms with Gasteiger partial charge in [0.1, 0.15) is 0 Å². The second kappa shape index (κ2) is 3.88. The van der Waals surface area contributed by atoms with Crippen LogP contribution in [0.1, 0.15) is 0 Å². The largest absolute Gasteiger partial charge is 2.00 e. The molecule has 34 valence electrons. The average molecular weight is 112 g/mol. The van der Waals surface area contributed by atoms with Crippen molar-refractivity contribution in [2.24, 2.45) is 0 Å². The van der Waals surface area contributed by atoms with Gasteiger partial charge in [-0.1, -0.05) is 0 Å². The van der Waals surface area contributed by atoms with E-state index in [2.05, 4.69) is 0 Å². The van der Waals surface area contributed by atoms with E-state index in [0.717, 1.165) is 0 Å². The fourth-order valence-electron chi connectivity index (χ4n) is 0. The summed E-state index contributed by atoms with van der Waals surface area (Å²) in [5.74, 6) is -4.37. The van der Waals surface area contributed by atoms with Gasteiger partial charge in [-0.2, -0.15) is 0 Å². The van der Waals surface area contributed by atoms with Crippen LogP contribution in [0.3, 0.4) is 0 Å². The van der Waals surface area contributed by atoms with E-state index in [4.69, 9.17) is 19.8 Å². The molecule has 0 N–H and O–H groups in total. The molecule has 0 radical (unpaired) electrons. The predicted octanol–water partition coefficient (Wildman–Crippen LogP) is -3.89. The molecule has 0 aliphatic rings. The third kappa shape index (κ3) is 5.71. The molecule has 4 nitrogen and oxygen atoms in total. The van der Waals surface area contributed by atoms with Crippen molar-refractivity contribution < 1.29 is 19.8 Å². The number of carboxylic acids is 2. The molecular formula is C2MgO4. The Morgan fingerprint density at radius 3 is 1.14 bits per heavy atom. The van der Waals surface area contributed by atoms with Crippen LogP contribution in [0.5, 0.6) is 0 Å². The molecule has 5 heteroatoms. The van der Waals surface area contributed by atoms with Crippen molar-refractivity contribution in [3.05, 3.63) is 0 Å². The Morgan fingerprint density at radius 2 is 1.14 bits per heavy atom. The van der Waals surface area contributed by atoms with Crippen molar-refractivity contribution >= 4 is 35.0 Å². The molecule has 0 saturated carbocycles. The van der Waals surface area contributed by atoms with Crippen molar-refractivity contribution in [1.29, 1.82) is 0 Å². The monoisotopic (exact) mass is 112 g/mol. The molecule has 0 heterocycles. The van der Waals surface area contributed by atoms with E-state index < -0.39 is 11.9 Å². The molecule has 7 heavy (non-hydrogen) atoms. The first-order chi connectivity index (χ1) is 2.64. The number of aliphatic carboxylic acids is 2. The van der Waals surface area contributed by atoms with E-state index in [-0.39, 0.29) is 23.1 Å². The molecule has 0 atom stereocenters.